The number of hydrogen-bond donors (Lipinski definition) is 0. The lowest BCUT2D eigenvalue weighted by atomic mass is 10.1. The molecule has 0 N–H and O–H groups in total. The molecule has 1 unspecified atom stereocenters. The highest BCUT2D eigenvalue weighted by atomic mass is 32.2. The van der Waals surface area contributed by atoms with Gasteiger partial charge in [-0.15, -0.1) is 0 Å². The molecule has 1 heterocycles. The molecule has 1 aromatic rings. The van der Waals surface area contributed by atoms with Gasteiger partial charge in [0.25, 0.3) is 11.1 Å². The number of esters is 1. The quantitative estimate of drug-likeness (QED) is 0.494. The van der Waals surface area contributed by atoms with Crippen LogP contribution in [0.25, 0.3) is 6.08 Å². The van der Waals surface area contributed by atoms with Crippen molar-refractivity contribution >= 4 is 35.0 Å². The van der Waals surface area contributed by atoms with E-state index in [1.54, 1.807) is 31.2 Å². The molecule has 1 saturated heterocycles. The molecule has 1 aliphatic rings. The monoisotopic (exact) mass is 393 g/mol. The van der Waals surface area contributed by atoms with Gasteiger partial charge >= 0.3 is 5.97 Å². The maximum absolute atomic E-state index is 12.7. The molecule has 1 atom stereocenters. The highest BCUT2D eigenvalue weighted by Crippen LogP contribution is 2.36. The van der Waals surface area contributed by atoms with E-state index >= 15 is 0 Å². The van der Waals surface area contributed by atoms with Gasteiger partial charge in [-0.25, -0.2) is 4.79 Å². The average Bonchev–Trinajstić information content (AvgIpc) is 2.91. The van der Waals surface area contributed by atoms with Gasteiger partial charge in [0.05, 0.1) is 24.7 Å². The number of thioether (sulfide) groups is 1. The third-order valence-corrected chi connectivity index (χ3v) is 4.60. The summed E-state index contributed by atoms with van der Waals surface area (Å²) in [6.07, 6.45) is 1.59. The van der Waals surface area contributed by atoms with Crippen molar-refractivity contribution in [2.45, 2.75) is 33.7 Å². The third kappa shape index (κ3) is 4.82. The van der Waals surface area contributed by atoms with Crippen LogP contribution in [0.2, 0.25) is 0 Å². The SMILES string of the molecule is CCOC(=O)C(C)N1C(=O)S/C(=C\c2ccc(OCC)cc2OCC)C1=O. The molecule has 1 fully saturated rings. The van der Waals surface area contributed by atoms with Gasteiger partial charge in [-0.3, -0.25) is 14.5 Å². The van der Waals surface area contributed by atoms with Crippen LogP contribution in [-0.2, 0) is 14.3 Å². The Hall–Kier alpha value is -2.48. The smallest absolute Gasteiger partial charge is 0.329 e. The van der Waals surface area contributed by atoms with E-state index in [4.69, 9.17) is 14.2 Å². The second kappa shape index (κ2) is 9.45. The first kappa shape index (κ1) is 20.8. The van der Waals surface area contributed by atoms with Crippen LogP contribution in [0.1, 0.15) is 33.3 Å². The molecular weight excluding hydrogens is 370 g/mol. The van der Waals surface area contributed by atoms with Crippen LogP contribution < -0.4 is 9.47 Å². The van der Waals surface area contributed by atoms with E-state index in [0.717, 1.165) is 16.7 Å². The van der Waals surface area contributed by atoms with Gasteiger partial charge in [-0.2, -0.15) is 0 Å². The number of nitrogens with zero attached hydrogens (tertiary/aromatic N) is 1. The maximum atomic E-state index is 12.7. The van der Waals surface area contributed by atoms with Gasteiger partial charge in [-0.1, -0.05) is 0 Å². The summed E-state index contributed by atoms with van der Waals surface area (Å²) >= 11 is 0.786. The normalized spacial score (nSPS) is 16.6. The lowest BCUT2D eigenvalue weighted by Gasteiger charge is -2.19. The lowest BCUT2D eigenvalue weighted by molar-refractivity contribution is -0.150. The van der Waals surface area contributed by atoms with Crippen LogP contribution in [0.15, 0.2) is 23.1 Å². The zero-order chi connectivity index (χ0) is 20.0. The van der Waals surface area contributed by atoms with Crippen molar-refractivity contribution in [3.63, 3.8) is 0 Å². The van der Waals surface area contributed by atoms with E-state index in [2.05, 4.69) is 0 Å². The van der Waals surface area contributed by atoms with Crippen LogP contribution in [0, 0.1) is 0 Å². The van der Waals surface area contributed by atoms with Gasteiger partial charge in [-0.05, 0) is 57.7 Å². The fraction of sp³-hybridized carbons (Fsp3) is 0.421. The topological polar surface area (TPSA) is 82.1 Å². The first-order chi connectivity index (χ1) is 12.9. The Morgan fingerprint density at radius 1 is 1.15 bits per heavy atom. The Bertz CT molecular complexity index is 761. The second-order valence-corrected chi connectivity index (χ2v) is 6.54. The number of ether oxygens (including phenoxy) is 3. The van der Waals surface area contributed by atoms with Crippen LogP contribution in [0.3, 0.4) is 0 Å². The minimum atomic E-state index is -0.977. The van der Waals surface area contributed by atoms with Crippen LogP contribution in [0.4, 0.5) is 4.79 Å². The standard InChI is InChI=1S/C19H23NO6S/c1-5-24-14-9-8-13(15(11-14)25-6-2)10-16-17(21)20(19(23)27-16)12(4)18(22)26-7-3/h8-12H,5-7H2,1-4H3/b16-10-. The van der Waals surface area contributed by atoms with Gasteiger partial charge < -0.3 is 14.2 Å². The molecule has 2 amide bonds. The largest absolute Gasteiger partial charge is 0.494 e. The lowest BCUT2D eigenvalue weighted by Crippen LogP contribution is -2.42. The van der Waals surface area contributed by atoms with Gasteiger partial charge in [0.2, 0.25) is 0 Å². The predicted octanol–water partition coefficient (Wildman–Crippen LogP) is 3.47. The predicted molar refractivity (Wildman–Crippen MR) is 103 cm³/mol. The molecule has 0 aromatic heterocycles. The van der Waals surface area contributed by atoms with Crippen LogP contribution in [-0.4, -0.2) is 47.9 Å². The number of hydrogen-bond acceptors (Lipinski definition) is 7. The van der Waals surface area contributed by atoms with Crippen molar-refractivity contribution in [2.75, 3.05) is 19.8 Å². The number of carbonyl (C=O) groups excluding carboxylic acids is 3. The molecule has 0 radical (unpaired) electrons. The zero-order valence-electron chi connectivity index (χ0n) is 15.8. The third-order valence-electron chi connectivity index (χ3n) is 3.72. The Kier molecular flexibility index (Phi) is 7.29. The Morgan fingerprint density at radius 2 is 1.85 bits per heavy atom. The molecule has 7 nitrogen and oxygen atoms in total. The van der Waals surface area contributed by atoms with E-state index in [1.807, 2.05) is 13.8 Å². The number of rotatable bonds is 8. The Morgan fingerprint density at radius 3 is 2.48 bits per heavy atom. The number of carbonyl (C=O) groups is 3. The summed E-state index contributed by atoms with van der Waals surface area (Å²) in [7, 11) is 0. The molecule has 0 saturated carbocycles. The molecule has 2 rings (SSSR count). The van der Waals surface area contributed by atoms with E-state index in [-0.39, 0.29) is 11.5 Å². The fourth-order valence-electron chi connectivity index (χ4n) is 2.49. The van der Waals surface area contributed by atoms with E-state index in [9.17, 15) is 14.4 Å². The summed E-state index contributed by atoms with van der Waals surface area (Å²) in [5.74, 6) is 0.0647. The molecule has 1 aliphatic heterocycles. The molecular formula is C19H23NO6S. The van der Waals surface area contributed by atoms with Gasteiger partial charge in [0.1, 0.15) is 17.5 Å². The summed E-state index contributed by atoms with van der Waals surface area (Å²) in [6.45, 7) is 8.02. The van der Waals surface area contributed by atoms with Crippen molar-refractivity contribution in [3.8, 4) is 11.5 Å². The molecule has 27 heavy (non-hydrogen) atoms. The molecule has 0 bridgehead atoms. The van der Waals surface area contributed by atoms with Crippen molar-refractivity contribution in [1.82, 2.24) is 4.90 Å². The first-order valence-electron chi connectivity index (χ1n) is 8.76. The summed E-state index contributed by atoms with van der Waals surface area (Å²) in [4.78, 5) is 37.9. The highest BCUT2D eigenvalue weighted by molar-refractivity contribution is 8.18. The van der Waals surface area contributed by atoms with E-state index < -0.39 is 23.2 Å². The van der Waals surface area contributed by atoms with Crippen molar-refractivity contribution in [1.29, 1.82) is 0 Å². The Balaban J connectivity index is 2.30. The first-order valence-corrected chi connectivity index (χ1v) is 9.57. The van der Waals surface area contributed by atoms with E-state index in [0.29, 0.717) is 30.3 Å². The Labute approximate surface area is 162 Å². The second-order valence-electron chi connectivity index (χ2n) is 5.55. The van der Waals surface area contributed by atoms with Gasteiger partial charge in [0, 0.05) is 11.6 Å². The fourth-order valence-corrected chi connectivity index (χ4v) is 3.39. The summed E-state index contributed by atoms with van der Waals surface area (Å²) in [5.41, 5.74) is 0.648. The van der Waals surface area contributed by atoms with Crippen LogP contribution in [0.5, 0.6) is 11.5 Å². The molecule has 1 aromatic carbocycles. The number of benzene rings is 1. The summed E-state index contributed by atoms with van der Waals surface area (Å²) < 4.78 is 16.0. The number of amides is 2. The summed E-state index contributed by atoms with van der Waals surface area (Å²) in [5, 5.41) is -0.504. The minimum absolute atomic E-state index is 0.180. The van der Waals surface area contributed by atoms with Crippen molar-refractivity contribution in [2.24, 2.45) is 0 Å². The molecule has 0 spiro atoms. The van der Waals surface area contributed by atoms with E-state index in [1.165, 1.54) is 6.92 Å². The van der Waals surface area contributed by atoms with Crippen molar-refractivity contribution < 1.29 is 28.6 Å². The average molecular weight is 393 g/mol. The molecule has 8 heteroatoms. The zero-order valence-corrected chi connectivity index (χ0v) is 16.6. The highest BCUT2D eigenvalue weighted by Gasteiger charge is 2.41. The number of imide groups is 1. The van der Waals surface area contributed by atoms with Crippen molar-refractivity contribution in [3.05, 3.63) is 28.7 Å². The van der Waals surface area contributed by atoms with Gasteiger partial charge in [0.15, 0.2) is 0 Å². The minimum Gasteiger partial charge on any atom is -0.494 e. The molecule has 0 aliphatic carbocycles. The molecule has 146 valence electrons. The van der Waals surface area contributed by atoms with Crippen LogP contribution >= 0.6 is 11.8 Å². The summed E-state index contributed by atoms with van der Waals surface area (Å²) in [6, 6.07) is 4.29. The maximum Gasteiger partial charge on any atom is 0.329 e.